The van der Waals surface area contributed by atoms with Crippen molar-refractivity contribution in [1.29, 1.82) is 0 Å². The first-order chi connectivity index (χ1) is 9.66. The molecule has 0 fully saturated rings. The highest BCUT2D eigenvalue weighted by Gasteiger charge is 2.03. The molecule has 0 aliphatic carbocycles. The van der Waals surface area contributed by atoms with Crippen LogP contribution in [0.25, 0.3) is 0 Å². The molecule has 0 bridgehead atoms. The van der Waals surface area contributed by atoms with E-state index in [1.165, 1.54) is 18.3 Å². The molecule has 2 N–H and O–H groups in total. The smallest absolute Gasteiger partial charge is 0.191 e. The summed E-state index contributed by atoms with van der Waals surface area (Å²) in [5.74, 6) is -0.440. The van der Waals surface area contributed by atoms with Crippen molar-refractivity contribution in [3.05, 3.63) is 64.9 Å². The third-order valence-corrected chi connectivity index (χ3v) is 2.91. The van der Waals surface area contributed by atoms with Crippen LogP contribution in [0, 0.1) is 5.82 Å². The summed E-state index contributed by atoms with van der Waals surface area (Å²) in [6, 6.07) is 13.8. The predicted molar refractivity (Wildman–Crippen MR) is 84.8 cm³/mol. The Kier molecular flexibility index (Phi) is 5.03. The minimum Gasteiger partial charge on any atom is -0.331 e. The lowest BCUT2D eigenvalue weighted by atomic mass is 10.2. The lowest BCUT2D eigenvalue weighted by molar-refractivity contribution is 0.626. The van der Waals surface area contributed by atoms with Crippen LogP contribution in [0.2, 0.25) is 5.02 Å². The summed E-state index contributed by atoms with van der Waals surface area (Å²) in [4.78, 5) is 0. The van der Waals surface area contributed by atoms with Gasteiger partial charge >= 0.3 is 0 Å². The van der Waals surface area contributed by atoms with Crippen LogP contribution in [0.5, 0.6) is 0 Å². The molecule has 0 saturated carbocycles. The molecule has 0 aliphatic heterocycles. The van der Waals surface area contributed by atoms with Gasteiger partial charge in [-0.25, -0.2) is 4.39 Å². The fourth-order valence-electron chi connectivity index (χ4n) is 1.47. The van der Waals surface area contributed by atoms with Crippen LogP contribution in [-0.4, -0.2) is 11.3 Å². The van der Waals surface area contributed by atoms with Gasteiger partial charge < -0.3 is 5.32 Å². The summed E-state index contributed by atoms with van der Waals surface area (Å²) in [6.07, 6.45) is 1.29. The van der Waals surface area contributed by atoms with E-state index >= 15 is 0 Å². The number of hydrazone groups is 1. The van der Waals surface area contributed by atoms with Gasteiger partial charge in [0.2, 0.25) is 0 Å². The van der Waals surface area contributed by atoms with Crippen molar-refractivity contribution >= 4 is 40.8 Å². The van der Waals surface area contributed by atoms with Gasteiger partial charge in [-0.1, -0.05) is 35.9 Å². The third kappa shape index (κ3) is 4.01. The predicted octanol–water partition coefficient (Wildman–Crippen LogP) is 3.80. The number of nitrogens with one attached hydrogen (secondary N) is 2. The van der Waals surface area contributed by atoms with E-state index in [-0.39, 0.29) is 10.6 Å². The van der Waals surface area contributed by atoms with Crippen molar-refractivity contribution in [2.24, 2.45) is 5.10 Å². The maximum absolute atomic E-state index is 13.5. The number of rotatable bonds is 3. The molecule has 0 aliphatic rings. The lowest BCUT2D eigenvalue weighted by Gasteiger charge is -2.06. The van der Waals surface area contributed by atoms with Gasteiger partial charge in [0.1, 0.15) is 5.82 Å². The number of hydrogen-bond acceptors (Lipinski definition) is 2. The Bertz CT molecular complexity index is 611. The Balaban J connectivity index is 1.95. The highest BCUT2D eigenvalue weighted by molar-refractivity contribution is 7.80. The zero-order chi connectivity index (χ0) is 14.4. The molecule has 2 rings (SSSR count). The topological polar surface area (TPSA) is 36.4 Å². The zero-order valence-corrected chi connectivity index (χ0v) is 11.9. The molecular formula is C14H11ClFN3S. The minimum atomic E-state index is -0.440. The first-order valence-corrected chi connectivity index (χ1v) is 6.54. The maximum Gasteiger partial charge on any atom is 0.191 e. The quantitative estimate of drug-likeness (QED) is 0.514. The summed E-state index contributed by atoms with van der Waals surface area (Å²) in [7, 11) is 0. The third-order valence-electron chi connectivity index (χ3n) is 2.39. The summed E-state index contributed by atoms with van der Waals surface area (Å²) >= 11 is 10.9. The average Bonchev–Trinajstić information content (AvgIpc) is 2.43. The highest BCUT2D eigenvalue weighted by atomic mass is 35.5. The summed E-state index contributed by atoms with van der Waals surface area (Å²) in [5.41, 5.74) is 3.65. The first-order valence-electron chi connectivity index (χ1n) is 5.76. The van der Waals surface area contributed by atoms with Crippen LogP contribution in [0.1, 0.15) is 5.56 Å². The van der Waals surface area contributed by atoms with Gasteiger partial charge in [0.15, 0.2) is 5.11 Å². The molecule has 6 heteroatoms. The van der Waals surface area contributed by atoms with E-state index in [1.807, 2.05) is 30.3 Å². The van der Waals surface area contributed by atoms with E-state index in [9.17, 15) is 4.39 Å². The molecule has 20 heavy (non-hydrogen) atoms. The van der Waals surface area contributed by atoms with Crippen LogP contribution >= 0.6 is 23.8 Å². The van der Waals surface area contributed by atoms with E-state index < -0.39 is 5.82 Å². The second-order valence-electron chi connectivity index (χ2n) is 3.83. The van der Waals surface area contributed by atoms with Crippen LogP contribution in [-0.2, 0) is 0 Å². The van der Waals surface area contributed by atoms with Crippen LogP contribution in [0.3, 0.4) is 0 Å². The summed E-state index contributed by atoms with van der Waals surface area (Å²) in [5, 5.41) is 7.39. The van der Waals surface area contributed by atoms with Crippen molar-refractivity contribution in [1.82, 2.24) is 5.43 Å². The molecule has 0 unspecified atom stereocenters. The molecule has 0 amide bonds. The number of anilines is 1. The molecule has 2 aromatic rings. The Morgan fingerprint density at radius 3 is 2.60 bits per heavy atom. The van der Waals surface area contributed by atoms with Gasteiger partial charge in [-0.3, -0.25) is 5.43 Å². The summed E-state index contributed by atoms with van der Waals surface area (Å²) < 4.78 is 13.5. The number of hydrogen-bond donors (Lipinski definition) is 2. The molecule has 0 heterocycles. The number of halogens is 2. The number of para-hydroxylation sites is 1. The fourth-order valence-corrected chi connectivity index (χ4v) is 1.85. The van der Waals surface area contributed by atoms with Gasteiger partial charge in [-0.05, 0) is 36.5 Å². The molecular weight excluding hydrogens is 297 g/mol. The Labute approximate surface area is 126 Å². The normalized spacial score (nSPS) is 10.5. The zero-order valence-electron chi connectivity index (χ0n) is 10.3. The van der Waals surface area contributed by atoms with Crippen molar-refractivity contribution < 1.29 is 4.39 Å². The Hall–Kier alpha value is -1.98. The van der Waals surface area contributed by atoms with Gasteiger partial charge in [0.25, 0.3) is 0 Å². The highest BCUT2D eigenvalue weighted by Crippen LogP contribution is 2.16. The monoisotopic (exact) mass is 307 g/mol. The molecule has 102 valence electrons. The average molecular weight is 308 g/mol. The summed E-state index contributed by atoms with van der Waals surface area (Å²) in [6.45, 7) is 0. The fraction of sp³-hybridized carbons (Fsp3) is 0. The molecule has 0 spiro atoms. The second kappa shape index (κ2) is 6.98. The van der Waals surface area contributed by atoms with Gasteiger partial charge in [-0.15, -0.1) is 0 Å². The first kappa shape index (κ1) is 14.4. The molecule has 0 saturated heterocycles. The Morgan fingerprint density at radius 2 is 1.90 bits per heavy atom. The van der Waals surface area contributed by atoms with Crippen molar-refractivity contribution in [2.75, 3.05) is 5.32 Å². The number of thiocarbonyl (C=S) groups is 1. The van der Waals surface area contributed by atoms with E-state index in [4.69, 9.17) is 23.8 Å². The van der Waals surface area contributed by atoms with Crippen molar-refractivity contribution in [2.45, 2.75) is 0 Å². The van der Waals surface area contributed by atoms with Gasteiger partial charge in [-0.2, -0.15) is 5.10 Å². The lowest BCUT2D eigenvalue weighted by Crippen LogP contribution is -2.23. The molecule has 0 radical (unpaired) electrons. The standard InChI is InChI=1S/C14H11ClFN3S/c15-12-7-4-8-13(16)11(12)9-17-19-14(20)18-10-5-2-1-3-6-10/h1-9H,(H2,18,19,20)/b17-9+. The molecule has 0 atom stereocenters. The van der Waals surface area contributed by atoms with Crippen molar-refractivity contribution in [3.8, 4) is 0 Å². The van der Waals surface area contributed by atoms with Crippen LogP contribution in [0.4, 0.5) is 10.1 Å². The number of nitrogens with zero attached hydrogens (tertiary/aromatic N) is 1. The Morgan fingerprint density at radius 1 is 1.15 bits per heavy atom. The van der Waals surface area contributed by atoms with E-state index in [0.29, 0.717) is 5.11 Å². The van der Waals surface area contributed by atoms with Crippen molar-refractivity contribution in [3.63, 3.8) is 0 Å². The van der Waals surface area contributed by atoms with Crippen LogP contribution < -0.4 is 10.7 Å². The van der Waals surface area contributed by atoms with Gasteiger partial charge in [0.05, 0.1) is 11.2 Å². The molecule has 0 aromatic heterocycles. The molecule has 3 nitrogen and oxygen atoms in total. The maximum atomic E-state index is 13.5. The second-order valence-corrected chi connectivity index (χ2v) is 4.64. The SMILES string of the molecule is Fc1cccc(Cl)c1/C=N/NC(=S)Nc1ccccc1. The minimum absolute atomic E-state index is 0.212. The largest absolute Gasteiger partial charge is 0.331 e. The number of benzene rings is 2. The van der Waals surface area contributed by atoms with Crippen LogP contribution in [0.15, 0.2) is 53.6 Å². The van der Waals surface area contributed by atoms with E-state index in [2.05, 4.69) is 15.8 Å². The van der Waals surface area contributed by atoms with Gasteiger partial charge in [0, 0.05) is 11.3 Å². The molecule has 2 aromatic carbocycles. The van der Waals surface area contributed by atoms with E-state index in [1.54, 1.807) is 6.07 Å². The van der Waals surface area contributed by atoms with E-state index in [0.717, 1.165) is 5.69 Å².